The van der Waals surface area contributed by atoms with Crippen LogP contribution in [0, 0.1) is 0 Å². The van der Waals surface area contributed by atoms with Crippen LogP contribution in [0.2, 0.25) is 0 Å². The van der Waals surface area contributed by atoms with Crippen molar-refractivity contribution in [3.05, 3.63) is 35.9 Å². The van der Waals surface area contributed by atoms with E-state index in [1.165, 1.54) is 4.90 Å². The lowest BCUT2D eigenvalue weighted by atomic mass is 10.0. The maximum atomic E-state index is 11.8. The van der Waals surface area contributed by atoms with Crippen LogP contribution in [0.3, 0.4) is 0 Å². The summed E-state index contributed by atoms with van der Waals surface area (Å²) in [6.45, 7) is 0. The van der Waals surface area contributed by atoms with Gasteiger partial charge in [-0.05, 0) is 12.0 Å². The molecule has 2 amide bonds. The number of carboxylic acids is 1. The summed E-state index contributed by atoms with van der Waals surface area (Å²) >= 11 is 0. The fraction of sp³-hybridized carbons (Fsp3) is 0.357. The molecule has 1 aliphatic rings. The Labute approximate surface area is 110 Å². The Morgan fingerprint density at radius 2 is 1.74 bits per heavy atom. The zero-order valence-electron chi connectivity index (χ0n) is 10.4. The summed E-state index contributed by atoms with van der Waals surface area (Å²) in [6.07, 6.45) is 0.609. The minimum Gasteiger partial charge on any atom is -0.481 e. The molecule has 0 saturated carbocycles. The van der Waals surface area contributed by atoms with Gasteiger partial charge in [0.05, 0.1) is 6.04 Å². The Kier molecular flexibility index (Phi) is 3.94. The number of nitrogens with zero attached hydrogens (tertiary/aromatic N) is 1. The summed E-state index contributed by atoms with van der Waals surface area (Å²) in [5.74, 6) is -1.37. The molecule has 1 aromatic carbocycles. The molecule has 0 radical (unpaired) electrons. The van der Waals surface area contributed by atoms with E-state index < -0.39 is 12.0 Å². The van der Waals surface area contributed by atoms with Crippen LogP contribution >= 0.6 is 0 Å². The van der Waals surface area contributed by atoms with E-state index in [1.807, 2.05) is 30.3 Å². The highest BCUT2D eigenvalue weighted by Crippen LogP contribution is 2.30. The summed E-state index contributed by atoms with van der Waals surface area (Å²) in [5, 5.41) is 8.80. The zero-order chi connectivity index (χ0) is 13.8. The van der Waals surface area contributed by atoms with Gasteiger partial charge in [-0.3, -0.25) is 19.3 Å². The molecule has 100 valence electrons. The van der Waals surface area contributed by atoms with E-state index >= 15 is 0 Å². The van der Waals surface area contributed by atoms with Crippen molar-refractivity contribution in [3.63, 3.8) is 0 Å². The number of likely N-dealkylation sites (tertiary alicyclic amines) is 1. The third-order valence-electron chi connectivity index (χ3n) is 3.22. The first-order valence-electron chi connectivity index (χ1n) is 6.21. The van der Waals surface area contributed by atoms with E-state index in [1.54, 1.807) is 0 Å². The molecule has 0 spiro atoms. The van der Waals surface area contributed by atoms with Crippen LogP contribution in [-0.4, -0.2) is 27.8 Å². The number of carbonyl (C=O) groups is 3. The Morgan fingerprint density at radius 1 is 1.16 bits per heavy atom. The highest BCUT2D eigenvalue weighted by Gasteiger charge is 2.35. The third-order valence-corrected chi connectivity index (χ3v) is 3.22. The van der Waals surface area contributed by atoms with Gasteiger partial charge in [0.15, 0.2) is 0 Å². The summed E-state index contributed by atoms with van der Waals surface area (Å²) in [6, 6.07) is 8.62. The number of hydrogen-bond acceptors (Lipinski definition) is 3. The number of carbonyl (C=O) groups excluding carboxylic acids is 2. The molecule has 1 saturated heterocycles. The second-order valence-corrected chi connectivity index (χ2v) is 4.52. The molecule has 1 fully saturated rings. The first-order valence-corrected chi connectivity index (χ1v) is 6.21. The van der Waals surface area contributed by atoms with Crippen LogP contribution in [0.1, 0.15) is 37.3 Å². The molecule has 1 heterocycles. The highest BCUT2D eigenvalue weighted by molar-refractivity contribution is 6.02. The Balaban J connectivity index is 2.26. The average molecular weight is 261 g/mol. The Morgan fingerprint density at radius 3 is 2.26 bits per heavy atom. The van der Waals surface area contributed by atoms with Gasteiger partial charge in [0.1, 0.15) is 0 Å². The molecule has 1 atom stereocenters. The van der Waals surface area contributed by atoms with Crippen molar-refractivity contribution in [2.45, 2.75) is 31.7 Å². The lowest BCUT2D eigenvalue weighted by molar-refractivity contribution is -0.144. The standard InChI is InChI=1S/C14H15NO4/c16-12-7-8-13(17)15(12)11(6-9-14(18)19)10-4-2-1-3-5-10/h1-5,11H,6-9H2,(H,18,19). The molecule has 0 bridgehead atoms. The molecule has 1 aliphatic heterocycles. The van der Waals surface area contributed by atoms with Crippen molar-refractivity contribution >= 4 is 17.8 Å². The molecule has 0 aliphatic carbocycles. The summed E-state index contributed by atoms with van der Waals surface area (Å²) in [5.41, 5.74) is 0.798. The lowest BCUT2D eigenvalue weighted by Crippen LogP contribution is -2.33. The van der Waals surface area contributed by atoms with Crippen LogP contribution in [0.25, 0.3) is 0 Å². The van der Waals surface area contributed by atoms with E-state index in [2.05, 4.69) is 0 Å². The van der Waals surface area contributed by atoms with Gasteiger partial charge in [-0.15, -0.1) is 0 Å². The molecule has 1 aromatic rings. The molecule has 19 heavy (non-hydrogen) atoms. The SMILES string of the molecule is O=C(O)CCC(c1ccccc1)N1C(=O)CCC1=O. The van der Waals surface area contributed by atoms with E-state index in [0.717, 1.165) is 5.56 Å². The molecule has 2 rings (SSSR count). The number of aliphatic carboxylic acids is 1. The largest absolute Gasteiger partial charge is 0.481 e. The zero-order valence-corrected chi connectivity index (χ0v) is 10.4. The van der Waals surface area contributed by atoms with E-state index in [0.29, 0.717) is 0 Å². The van der Waals surface area contributed by atoms with E-state index in [9.17, 15) is 14.4 Å². The van der Waals surface area contributed by atoms with Gasteiger partial charge in [0.2, 0.25) is 11.8 Å². The fourth-order valence-electron chi connectivity index (χ4n) is 2.32. The molecule has 1 N–H and O–H groups in total. The third kappa shape index (κ3) is 2.99. The van der Waals surface area contributed by atoms with Gasteiger partial charge in [-0.1, -0.05) is 30.3 Å². The van der Waals surface area contributed by atoms with Crippen LogP contribution < -0.4 is 0 Å². The minimum absolute atomic E-state index is 0.0728. The predicted octanol–water partition coefficient (Wildman–Crippen LogP) is 1.74. The van der Waals surface area contributed by atoms with E-state index in [-0.39, 0.29) is 37.5 Å². The van der Waals surface area contributed by atoms with Gasteiger partial charge < -0.3 is 5.11 Å². The number of benzene rings is 1. The molecule has 5 nitrogen and oxygen atoms in total. The number of amides is 2. The molecular weight excluding hydrogens is 246 g/mol. The second kappa shape index (κ2) is 5.65. The molecule has 5 heteroatoms. The summed E-state index contributed by atoms with van der Waals surface area (Å²) in [4.78, 5) is 35.5. The first kappa shape index (κ1) is 13.3. The van der Waals surface area contributed by atoms with Gasteiger partial charge >= 0.3 is 5.97 Å². The first-order chi connectivity index (χ1) is 9.09. The van der Waals surface area contributed by atoms with Gasteiger partial charge in [-0.25, -0.2) is 0 Å². The van der Waals surface area contributed by atoms with Gasteiger partial charge in [0, 0.05) is 19.3 Å². The van der Waals surface area contributed by atoms with Crippen molar-refractivity contribution in [2.75, 3.05) is 0 Å². The fourth-order valence-corrected chi connectivity index (χ4v) is 2.32. The summed E-state index contributed by atoms with van der Waals surface area (Å²) in [7, 11) is 0. The van der Waals surface area contributed by atoms with Gasteiger partial charge in [-0.2, -0.15) is 0 Å². The van der Waals surface area contributed by atoms with Crippen molar-refractivity contribution < 1.29 is 19.5 Å². The van der Waals surface area contributed by atoms with Crippen molar-refractivity contribution in [3.8, 4) is 0 Å². The molecule has 0 aromatic heterocycles. The normalized spacial score (nSPS) is 16.7. The number of carboxylic acid groups (broad SMARTS) is 1. The highest BCUT2D eigenvalue weighted by atomic mass is 16.4. The van der Waals surface area contributed by atoms with Crippen molar-refractivity contribution in [2.24, 2.45) is 0 Å². The quantitative estimate of drug-likeness (QED) is 0.819. The maximum Gasteiger partial charge on any atom is 0.303 e. The smallest absolute Gasteiger partial charge is 0.303 e. The Hall–Kier alpha value is -2.17. The maximum absolute atomic E-state index is 11.8. The number of rotatable bonds is 5. The minimum atomic E-state index is -0.931. The van der Waals surface area contributed by atoms with Crippen LogP contribution in [0.15, 0.2) is 30.3 Å². The topological polar surface area (TPSA) is 74.7 Å². The van der Waals surface area contributed by atoms with Crippen molar-refractivity contribution in [1.29, 1.82) is 0 Å². The van der Waals surface area contributed by atoms with Crippen LogP contribution in [-0.2, 0) is 14.4 Å². The second-order valence-electron chi connectivity index (χ2n) is 4.52. The lowest BCUT2D eigenvalue weighted by Gasteiger charge is -2.26. The van der Waals surface area contributed by atoms with Crippen molar-refractivity contribution in [1.82, 2.24) is 4.90 Å². The van der Waals surface area contributed by atoms with Crippen LogP contribution in [0.4, 0.5) is 0 Å². The Bertz CT molecular complexity index is 481. The predicted molar refractivity (Wildman–Crippen MR) is 67.1 cm³/mol. The monoisotopic (exact) mass is 261 g/mol. The van der Waals surface area contributed by atoms with Crippen LogP contribution in [0.5, 0.6) is 0 Å². The molecular formula is C14H15NO4. The molecule has 1 unspecified atom stereocenters. The van der Waals surface area contributed by atoms with E-state index in [4.69, 9.17) is 5.11 Å². The summed E-state index contributed by atoms with van der Waals surface area (Å²) < 4.78 is 0. The average Bonchev–Trinajstić information content (AvgIpc) is 2.72. The number of hydrogen-bond donors (Lipinski definition) is 1. The van der Waals surface area contributed by atoms with Gasteiger partial charge in [0.25, 0.3) is 0 Å². The number of imide groups is 1.